The van der Waals surface area contributed by atoms with Gasteiger partial charge in [0, 0.05) is 11.8 Å². The van der Waals surface area contributed by atoms with Crippen molar-refractivity contribution in [2.24, 2.45) is 0 Å². The van der Waals surface area contributed by atoms with Crippen molar-refractivity contribution < 1.29 is 19.1 Å². The second-order valence-corrected chi connectivity index (χ2v) is 5.85. The molecule has 0 spiro atoms. The van der Waals surface area contributed by atoms with Crippen LogP contribution in [-0.4, -0.2) is 38.0 Å². The topological polar surface area (TPSA) is 130 Å². The summed E-state index contributed by atoms with van der Waals surface area (Å²) in [7, 11) is 0. The Hall–Kier alpha value is -3.40. The molecule has 2 heterocycles. The van der Waals surface area contributed by atoms with Crippen molar-refractivity contribution in [1.29, 1.82) is 0 Å². The summed E-state index contributed by atoms with van der Waals surface area (Å²) in [6.45, 7) is 0. The van der Waals surface area contributed by atoms with Gasteiger partial charge in [-0.25, -0.2) is 9.78 Å². The maximum absolute atomic E-state index is 11.8. The number of aromatic hydroxyl groups is 1. The molecule has 0 aliphatic heterocycles. The molecule has 10 heteroatoms. The summed E-state index contributed by atoms with van der Waals surface area (Å²) in [5.74, 6) is 0.130. The Morgan fingerprint density at radius 3 is 2.65 bits per heavy atom. The highest BCUT2D eigenvalue weighted by molar-refractivity contribution is 7.99. The molecule has 0 saturated carbocycles. The smallest absolute Gasteiger partial charge is 0.327 e. The molecule has 3 rings (SSSR count). The van der Waals surface area contributed by atoms with Crippen molar-refractivity contribution in [3.63, 3.8) is 0 Å². The molecular weight excluding hydrogens is 358 g/mol. The van der Waals surface area contributed by atoms with Crippen molar-refractivity contribution in [2.75, 3.05) is 11.1 Å². The van der Waals surface area contributed by atoms with E-state index in [2.05, 4.69) is 25.8 Å². The average molecular weight is 371 g/mol. The number of pyridine rings is 1. The van der Waals surface area contributed by atoms with Gasteiger partial charge in [0.1, 0.15) is 11.6 Å². The monoisotopic (exact) mass is 371 g/mol. The highest BCUT2D eigenvalue weighted by Crippen LogP contribution is 2.24. The third kappa shape index (κ3) is 4.80. The molecule has 9 nitrogen and oxygen atoms in total. The number of amides is 3. The maximum Gasteiger partial charge on any atom is 0.327 e. The van der Waals surface area contributed by atoms with Crippen molar-refractivity contribution in [3.8, 4) is 17.2 Å². The lowest BCUT2D eigenvalue weighted by Crippen LogP contribution is -2.35. The van der Waals surface area contributed by atoms with Crippen LogP contribution in [-0.2, 0) is 4.79 Å². The highest BCUT2D eigenvalue weighted by atomic mass is 32.2. The Labute approximate surface area is 151 Å². The summed E-state index contributed by atoms with van der Waals surface area (Å²) in [6, 6.07) is 10.6. The predicted octanol–water partition coefficient (Wildman–Crippen LogP) is 2.28. The van der Waals surface area contributed by atoms with Gasteiger partial charge in [-0.1, -0.05) is 17.8 Å². The van der Waals surface area contributed by atoms with Gasteiger partial charge < -0.3 is 9.52 Å². The second kappa shape index (κ2) is 8.12. The van der Waals surface area contributed by atoms with Gasteiger partial charge in [-0.3, -0.25) is 15.4 Å². The number of hydrogen-bond acceptors (Lipinski definition) is 8. The minimum atomic E-state index is -0.676. The minimum Gasteiger partial charge on any atom is -0.508 e. The Kier molecular flexibility index (Phi) is 5.44. The molecule has 132 valence electrons. The van der Waals surface area contributed by atoms with E-state index in [0.717, 1.165) is 11.8 Å². The van der Waals surface area contributed by atoms with E-state index in [4.69, 9.17) is 4.42 Å². The first-order chi connectivity index (χ1) is 12.6. The van der Waals surface area contributed by atoms with Crippen molar-refractivity contribution in [2.45, 2.75) is 5.22 Å². The molecule has 0 atom stereocenters. The van der Waals surface area contributed by atoms with E-state index in [-0.39, 0.29) is 22.6 Å². The fraction of sp³-hybridized carbons (Fsp3) is 0.0625. The van der Waals surface area contributed by atoms with Crippen LogP contribution in [0.15, 0.2) is 58.3 Å². The van der Waals surface area contributed by atoms with E-state index in [1.807, 2.05) is 0 Å². The molecule has 2 aromatic heterocycles. The fourth-order valence-corrected chi connectivity index (χ4v) is 2.43. The zero-order chi connectivity index (χ0) is 18.4. The van der Waals surface area contributed by atoms with E-state index in [1.165, 1.54) is 18.3 Å². The number of benzene rings is 1. The van der Waals surface area contributed by atoms with Gasteiger partial charge in [-0.05, 0) is 36.4 Å². The molecule has 0 bridgehead atoms. The SMILES string of the molecule is O=C(CSc1nnc(-c2ccc(O)cc2)o1)NC(=O)Nc1ccccn1. The molecule has 1 aromatic carbocycles. The molecule has 3 amide bonds. The summed E-state index contributed by atoms with van der Waals surface area (Å²) in [5.41, 5.74) is 0.640. The number of carbonyl (C=O) groups excluding carboxylic acids is 2. The van der Waals surface area contributed by atoms with Crippen LogP contribution in [0.25, 0.3) is 11.5 Å². The number of phenolic OH excluding ortho intramolecular Hbond substituents is 1. The van der Waals surface area contributed by atoms with E-state index in [9.17, 15) is 14.7 Å². The van der Waals surface area contributed by atoms with E-state index < -0.39 is 11.9 Å². The maximum atomic E-state index is 11.8. The lowest BCUT2D eigenvalue weighted by molar-refractivity contribution is -0.117. The number of nitrogens with zero attached hydrogens (tertiary/aromatic N) is 3. The van der Waals surface area contributed by atoms with Crippen LogP contribution in [0.1, 0.15) is 0 Å². The number of imide groups is 1. The molecule has 3 N–H and O–H groups in total. The molecule has 0 saturated heterocycles. The standard InChI is InChI=1S/C16H13N5O4S/c22-11-6-4-10(5-7-11)14-20-21-16(25-14)26-9-13(23)19-15(24)18-12-3-1-2-8-17-12/h1-8,22H,9H2,(H2,17,18,19,23,24). The number of urea groups is 1. The molecule has 3 aromatic rings. The van der Waals surface area contributed by atoms with Crippen LogP contribution >= 0.6 is 11.8 Å². The molecule has 0 unspecified atom stereocenters. The fourth-order valence-electron chi connectivity index (χ4n) is 1.86. The van der Waals surface area contributed by atoms with E-state index in [1.54, 1.807) is 30.3 Å². The highest BCUT2D eigenvalue weighted by Gasteiger charge is 2.13. The molecule has 0 radical (unpaired) electrons. The lowest BCUT2D eigenvalue weighted by atomic mass is 10.2. The van der Waals surface area contributed by atoms with Gasteiger partial charge in [0.25, 0.3) is 5.22 Å². The van der Waals surface area contributed by atoms with Gasteiger partial charge in [-0.15, -0.1) is 10.2 Å². The lowest BCUT2D eigenvalue weighted by Gasteiger charge is -2.04. The van der Waals surface area contributed by atoms with Gasteiger partial charge in [-0.2, -0.15) is 0 Å². The third-order valence-corrected chi connectivity index (χ3v) is 3.83. The quantitative estimate of drug-likeness (QED) is 0.582. The molecular formula is C16H13N5O4S. The first kappa shape index (κ1) is 17.4. The number of nitrogens with one attached hydrogen (secondary N) is 2. The number of aromatic nitrogens is 3. The third-order valence-electron chi connectivity index (χ3n) is 3.01. The summed E-state index contributed by atoms with van der Waals surface area (Å²) in [6.07, 6.45) is 1.52. The number of carbonyl (C=O) groups is 2. The van der Waals surface area contributed by atoms with Gasteiger partial charge in [0.2, 0.25) is 11.8 Å². The Bertz CT molecular complexity index is 899. The van der Waals surface area contributed by atoms with Gasteiger partial charge >= 0.3 is 6.03 Å². The number of hydrogen-bond donors (Lipinski definition) is 3. The number of anilines is 1. The largest absolute Gasteiger partial charge is 0.508 e. The summed E-state index contributed by atoms with van der Waals surface area (Å²) < 4.78 is 5.43. The Morgan fingerprint density at radius 2 is 1.92 bits per heavy atom. The Balaban J connectivity index is 1.49. The first-order valence-electron chi connectivity index (χ1n) is 7.38. The van der Waals surface area contributed by atoms with E-state index >= 15 is 0 Å². The number of rotatable bonds is 5. The number of phenols is 1. The zero-order valence-corrected chi connectivity index (χ0v) is 14.1. The van der Waals surface area contributed by atoms with Gasteiger partial charge in [0.05, 0.1) is 5.75 Å². The molecule has 0 aliphatic carbocycles. The molecule has 26 heavy (non-hydrogen) atoms. The average Bonchev–Trinajstić information content (AvgIpc) is 3.10. The molecule has 0 fully saturated rings. The van der Waals surface area contributed by atoms with E-state index in [0.29, 0.717) is 11.4 Å². The summed E-state index contributed by atoms with van der Waals surface area (Å²) >= 11 is 0.998. The van der Waals surface area contributed by atoms with Crippen LogP contribution in [0.2, 0.25) is 0 Å². The van der Waals surface area contributed by atoms with Crippen molar-refractivity contribution in [1.82, 2.24) is 20.5 Å². The van der Waals surface area contributed by atoms with Crippen molar-refractivity contribution in [3.05, 3.63) is 48.7 Å². The van der Waals surface area contributed by atoms with Crippen molar-refractivity contribution >= 4 is 29.5 Å². The van der Waals surface area contributed by atoms with Crippen LogP contribution < -0.4 is 10.6 Å². The van der Waals surface area contributed by atoms with Crippen LogP contribution in [0.4, 0.5) is 10.6 Å². The van der Waals surface area contributed by atoms with Crippen LogP contribution in [0.3, 0.4) is 0 Å². The number of thioether (sulfide) groups is 1. The second-order valence-electron chi connectivity index (χ2n) is 4.93. The van der Waals surface area contributed by atoms with Gasteiger partial charge in [0.15, 0.2) is 0 Å². The van der Waals surface area contributed by atoms with Crippen LogP contribution in [0.5, 0.6) is 5.75 Å². The summed E-state index contributed by atoms with van der Waals surface area (Å²) in [4.78, 5) is 27.4. The molecule has 0 aliphatic rings. The minimum absolute atomic E-state index is 0.0765. The normalized spacial score (nSPS) is 10.3. The summed E-state index contributed by atoms with van der Waals surface area (Å²) in [5, 5.41) is 21.8. The zero-order valence-electron chi connectivity index (χ0n) is 13.2. The first-order valence-corrected chi connectivity index (χ1v) is 8.36. The predicted molar refractivity (Wildman–Crippen MR) is 93.5 cm³/mol. The Morgan fingerprint density at radius 1 is 1.12 bits per heavy atom. The van der Waals surface area contributed by atoms with Crippen LogP contribution in [0, 0.1) is 0 Å².